The maximum absolute atomic E-state index is 5.68. The van der Waals surface area contributed by atoms with Crippen LogP contribution in [0.1, 0.15) is 38.5 Å². The Morgan fingerprint density at radius 3 is 2.12 bits per heavy atom. The molecule has 2 fully saturated rings. The third-order valence-electron chi connectivity index (χ3n) is 4.04. The molecule has 0 amide bonds. The minimum atomic E-state index is 0.833. The van der Waals surface area contributed by atoms with E-state index in [2.05, 4.69) is 9.80 Å². The molecule has 100 valence electrons. The van der Waals surface area contributed by atoms with Gasteiger partial charge in [-0.05, 0) is 38.1 Å². The van der Waals surface area contributed by atoms with Gasteiger partial charge in [0.2, 0.25) is 0 Å². The molecular formula is C14H27ClN2. The number of alkyl halides is 1. The molecule has 1 aliphatic heterocycles. The largest absolute Gasteiger partial charge is 0.301 e. The summed E-state index contributed by atoms with van der Waals surface area (Å²) < 4.78 is 0. The average Bonchev–Trinajstić information content (AvgIpc) is 3.15. The van der Waals surface area contributed by atoms with Crippen molar-refractivity contribution in [2.45, 2.75) is 38.5 Å². The molecule has 0 aromatic carbocycles. The molecule has 0 atom stereocenters. The topological polar surface area (TPSA) is 6.48 Å². The quantitative estimate of drug-likeness (QED) is 0.488. The van der Waals surface area contributed by atoms with E-state index in [0.717, 1.165) is 11.8 Å². The molecule has 0 radical (unpaired) electrons. The molecule has 1 saturated heterocycles. The summed E-state index contributed by atoms with van der Waals surface area (Å²) in [4.78, 5) is 5.31. The van der Waals surface area contributed by atoms with Gasteiger partial charge in [0.15, 0.2) is 0 Å². The van der Waals surface area contributed by atoms with Crippen LogP contribution in [0.3, 0.4) is 0 Å². The van der Waals surface area contributed by atoms with E-state index in [4.69, 9.17) is 11.6 Å². The third-order valence-corrected chi connectivity index (χ3v) is 4.30. The van der Waals surface area contributed by atoms with Crippen LogP contribution in [0.15, 0.2) is 0 Å². The van der Waals surface area contributed by atoms with Crippen molar-refractivity contribution in [2.24, 2.45) is 5.92 Å². The molecule has 1 saturated carbocycles. The second kappa shape index (κ2) is 7.60. The molecule has 0 unspecified atom stereocenters. The predicted octanol–water partition coefficient (Wildman–Crippen LogP) is 2.81. The van der Waals surface area contributed by atoms with E-state index in [1.165, 1.54) is 77.8 Å². The first-order valence-electron chi connectivity index (χ1n) is 7.39. The molecule has 0 N–H and O–H groups in total. The van der Waals surface area contributed by atoms with Crippen molar-refractivity contribution in [2.75, 3.05) is 45.1 Å². The van der Waals surface area contributed by atoms with Crippen LogP contribution in [-0.4, -0.2) is 54.9 Å². The van der Waals surface area contributed by atoms with Crippen molar-refractivity contribution in [1.29, 1.82) is 0 Å². The summed E-state index contributed by atoms with van der Waals surface area (Å²) in [6, 6.07) is 0. The smallest absolute Gasteiger partial charge is 0.0223 e. The highest BCUT2D eigenvalue weighted by Gasteiger charge is 2.26. The lowest BCUT2D eigenvalue weighted by atomic mass is 10.2. The fourth-order valence-electron chi connectivity index (χ4n) is 2.64. The highest BCUT2D eigenvalue weighted by molar-refractivity contribution is 6.17. The molecule has 0 aromatic rings. The predicted molar refractivity (Wildman–Crippen MR) is 74.8 cm³/mol. The highest BCUT2D eigenvalue weighted by atomic mass is 35.5. The molecule has 2 aliphatic rings. The van der Waals surface area contributed by atoms with E-state index in [9.17, 15) is 0 Å². The lowest BCUT2D eigenvalue weighted by Gasteiger charge is -2.34. The van der Waals surface area contributed by atoms with E-state index in [1.54, 1.807) is 0 Å². The van der Waals surface area contributed by atoms with Crippen LogP contribution in [0, 0.1) is 5.92 Å². The van der Waals surface area contributed by atoms with Gasteiger partial charge < -0.3 is 9.80 Å². The SMILES string of the molecule is ClCCCCCCN1CCN(CC2CC2)CC1. The average molecular weight is 259 g/mol. The summed E-state index contributed by atoms with van der Waals surface area (Å²) in [5, 5.41) is 0. The molecule has 0 bridgehead atoms. The second-order valence-corrected chi connectivity index (χ2v) is 6.07. The highest BCUT2D eigenvalue weighted by Crippen LogP contribution is 2.29. The number of halogens is 1. The molecular weight excluding hydrogens is 232 g/mol. The van der Waals surface area contributed by atoms with E-state index >= 15 is 0 Å². The molecule has 1 aliphatic carbocycles. The molecule has 17 heavy (non-hydrogen) atoms. The van der Waals surface area contributed by atoms with Crippen LogP contribution in [0.25, 0.3) is 0 Å². The maximum Gasteiger partial charge on any atom is 0.0223 e. The van der Waals surface area contributed by atoms with Gasteiger partial charge in [0.05, 0.1) is 0 Å². The fourth-order valence-corrected chi connectivity index (χ4v) is 2.83. The van der Waals surface area contributed by atoms with Gasteiger partial charge in [-0.2, -0.15) is 0 Å². The lowest BCUT2D eigenvalue weighted by molar-refractivity contribution is 0.127. The number of piperazine rings is 1. The normalized spacial score (nSPS) is 23.1. The Morgan fingerprint density at radius 1 is 0.824 bits per heavy atom. The number of nitrogens with zero attached hydrogens (tertiary/aromatic N) is 2. The van der Waals surface area contributed by atoms with Gasteiger partial charge in [-0.15, -0.1) is 11.6 Å². The van der Waals surface area contributed by atoms with Gasteiger partial charge in [0.1, 0.15) is 0 Å². The second-order valence-electron chi connectivity index (χ2n) is 5.69. The Labute approximate surface area is 111 Å². The number of hydrogen-bond donors (Lipinski definition) is 0. The molecule has 2 rings (SSSR count). The molecule has 0 aromatic heterocycles. The zero-order valence-electron chi connectivity index (χ0n) is 11.0. The van der Waals surface area contributed by atoms with Crippen LogP contribution in [0.2, 0.25) is 0 Å². The fraction of sp³-hybridized carbons (Fsp3) is 1.00. The van der Waals surface area contributed by atoms with Crippen molar-refractivity contribution < 1.29 is 0 Å². The van der Waals surface area contributed by atoms with E-state index in [-0.39, 0.29) is 0 Å². The van der Waals surface area contributed by atoms with Crippen molar-refractivity contribution >= 4 is 11.6 Å². The Hall–Kier alpha value is 0.210. The lowest BCUT2D eigenvalue weighted by Crippen LogP contribution is -2.47. The van der Waals surface area contributed by atoms with Crippen LogP contribution < -0.4 is 0 Å². The van der Waals surface area contributed by atoms with Crippen LogP contribution >= 0.6 is 11.6 Å². The molecule has 1 heterocycles. The first kappa shape index (κ1) is 13.6. The van der Waals surface area contributed by atoms with Gasteiger partial charge in [0.25, 0.3) is 0 Å². The van der Waals surface area contributed by atoms with Gasteiger partial charge in [-0.25, -0.2) is 0 Å². The minimum absolute atomic E-state index is 0.833. The first-order valence-corrected chi connectivity index (χ1v) is 7.92. The zero-order chi connectivity index (χ0) is 11.9. The van der Waals surface area contributed by atoms with Gasteiger partial charge in [0, 0.05) is 38.6 Å². The van der Waals surface area contributed by atoms with E-state index in [1.807, 2.05) is 0 Å². The number of rotatable bonds is 8. The summed E-state index contributed by atoms with van der Waals surface area (Å²) >= 11 is 5.68. The summed E-state index contributed by atoms with van der Waals surface area (Å²) in [7, 11) is 0. The monoisotopic (exact) mass is 258 g/mol. The number of hydrogen-bond acceptors (Lipinski definition) is 2. The Bertz CT molecular complexity index is 198. The standard InChI is InChI=1S/C14H27ClN2/c15-7-3-1-2-4-8-16-9-11-17(12-10-16)13-14-5-6-14/h14H,1-13H2. The van der Waals surface area contributed by atoms with Gasteiger partial charge in [-0.3, -0.25) is 0 Å². The summed E-state index contributed by atoms with van der Waals surface area (Å²) in [6.07, 6.45) is 8.19. The Balaban J connectivity index is 1.46. The Morgan fingerprint density at radius 2 is 1.47 bits per heavy atom. The Kier molecular flexibility index (Phi) is 6.10. The first-order chi connectivity index (χ1) is 8.38. The summed E-state index contributed by atoms with van der Waals surface area (Å²) in [6.45, 7) is 7.88. The number of unbranched alkanes of at least 4 members (excludes halogenated alkanes) is 3. The van der Waals surface area contributed by atoms with Crippen molar-refractivity contribution in [3.8, 4) is 0 Å². The van der Waals surface area contributed by atoms with Crippen molar-refractivity contribution in [3.63, 3.8) is 0 Å². The molecule has 3 heteroatoms. The van der Waals surface area contributed by atoms with E-state index in [0.29, 0.717) is 0 Å². The van der Waals surface area contributed by atoms with Crippen molar-refractivity contribution in [1.82, 2.24) is 9.80 Å². The molecule has 2 nitrogen and oxygen atoms in total. The van der Waals surface area contributed by atoms with Crippen LogP contribution in [-0.2, 0) is 0 Å². The van der Waals surface area contributed by atoms with Gasteiger partial charge in [-0.1, -0.05) is 12.8 Å². The van der Waals surface area contributed by atoms with Crippen LogP contribution in [0.4, 0.5) is 0 Å². The van der Waals surface area contributed by atoms with Crippen LogP contribution in [0.5, 0.6) is 0 Å². The minimum Gasteiger partial charge on any atom is -0.301 e. The third kappa shape index (κ3) is 5.58. The summed E-state index contributed by atoms with van der Waals surface area (Å²) in [5.74, 6) is 1.89. The molecule has 0 spiro atoms. The van der Waals surface area contributed by atoms with Gasteiger partial charge >= 0.3 is 0 Å². The van der Waals surface area contributed by atoms with Crippen molar-refractivity contribution in [3.05, 3.63) is 0 Å². The van der Waals surface area contributed by atoms with E-state index < -0.39 is 0 Å². The zero-order valence-corrected chi connectivity index (χ0v) is 11.8. The summed E-state index contributed by atoms with van der Waals surface area (Å²) in [5.41, 5.74) is 0. The maximum atomic E-state index is 5.68.